The van der Waals surface area contributed by atoms with E-state index in [4.69, 9.17) is 0 Å². The second-order valence-electron chi connectivity index (χ2n) is 5.89. The minimum absolute atomic E-state index is 0.299. The topological polar surface area (TPSA) is 17.1 Å². The molecule has 0 aromatic heterocycles. The Morgan fingerprint density at radius 3 is 2.67 bits per heavy atom. The lowest BCUT2D eigenvalue weighted by Gasteiger charge is -2.49. The highest BCUT2D eigenvalue weighted by Gasteiger charge is 2.45. The molecule has 2 aliphatic heterocycles. The third-order valence-corrected chi connectivity index (χ3v) is 4.73. The van der Waals surface area contributed by atoms with Gasteiger partial charge in [-0.15, -0.1) is 0 Å². The predicted molar refractivity (Wildman–Crippen MR) is 72.0 cm³/mol. The van der Waals surface area contributed by atoms with Crippen LogP contribution in [0.25, 0.3) is 0 Å². The molecule has 0 aliphatic carbocycles. The number of hydrogen-bond acceptors (Lipinski definition) is 1. The average molecular weight is 244 g/mol. The van der Waals surface area contributed by atoms with Crippen LogP contribution in [-0.2, 0) is 11.3 Å². The van der Waals surface area contributed by atoms with E-state index >= 15 is 0 Å². The molecule has 1 aromatic rings. The molecule has 0 saturated carbocycles. The number of nitrogens with zero attached hydrogens (tertiary/aromatic N) is 1. The summed E-state index contributed by atoms with van der Waals surface area (Å²) in [6.07, 6.45) is 5.55. The van der Waals surface area contributed by atoms with Gasteiger partial charge in [-0.2, -0.15) is 0 Å². The molecule has 0 radical (unpaired) electrons. The number of carbonyl (C=O) groups excluding carboxylic acids is 1. The van der Waals surface area contributed by atoms with E-state index in [1.165, 1.54) is 31.5 Å². The first-order chi connectivity index (χ1) is 8.80. The Kier molecular flexibility index (Phi) is 3.21. The molecule has 2 unspecified atom stereocenters. The second kappa shape index (κ2) is 4.85. The standard InChI is InChI=1S/C16H22NO/c18-16-10-6-12-17(11-5-4-9-15(16)17)13-14-7-2-1-3-8-14/h1-3,7-8,15H,4-6,9-13H2/q+1. The lowest BCUT2D eigenvalue weighted by molar-refractivity contribution is -0.962. The maximum Gasteiger partial charge on any atom is 0.190 e. The third-order valence-electron chi connectivity index (χ3n) is 4.73. The monoisotopic (exact) mass is 244 g/mol. The van der Waals surface area contributed by atoms with Crippen molar-refractivity contribution in [3.05, 3.63) is 35.9 Å². The van der Waals surface area contributed by atoms with Crippen molar-refractivity contribution in [2.75, 3.05) is 13.1 Å². The highest BCUT2D eigenvalue weighted by atomic mass is 16.1. The lowest BCUT2D eigenvalue weighted by atomic mass is 9.87. The van der Waals surface area contributed by atoms with E-state index in [1.54, 1.807) is 0 Å². The van der Waals surface area contributed by atoms with Crippen molar-refractivity contribution in [1.29, 1.82) is 0 Å². The highest BCUT2D eigenvalue weighted by molar-refractivity contribution is 5.83. The maximum atomic E-state index is 12.2. The molecule has 0 amide bonds. The van der Waals surface area contributed by atoms with Crippen LogP contribution in [0.4, 0.5) is 0 Å². The smallest absolute Gasteiger partial charge is 0.190 e. The van der Waals surface area contributed by atoms with Gasteiger partial charge < -0.3 is 4.48 Å². The molecule has 2 heterocycles. The zero-order chi connectivity index (χ0) is 12.4. The van der Waals surface area contributed by atoms with E-state index in [1.807, 2.05) is 0 Å². The Balaban J connectivity index is 1.87. The van der Waals surface area contributed by atoms with Gasteiger partial charge in [0.2, 0.25) is 0 Å². The fraction of sp³-hybridized carbons (Fsp3) is 0.562. The average Bonchev–Trinajstić information content (AvgIpc) is 2.40. The molecule has 2 atom stereocenters. The van der Waals surface area contributed by atoms with E-state index < -0.39 is 0 Å². The number of carbonyl (C=O) groups is 1. The molecule has 2 saturated heterocycles. The van der Waals surface area contributed by atoms with Crippen molar-refractivity contribution in [3.8, 4) is 0 Å². The van der Waals surface area contributed by atoms with Gasteiger partial charge in [0.1, 0.15) is 12.6 Å². The molecule has 2 fully saturated rings. The minimum atomic E-state index is 0.299. The van der Waals surface area contributed by atoms with Crippen molar-refractivity contribution in [2.24, 2.45) is 0 Å². The zero-order valence-corrected chi connectivity index (χ0v) is 11.0. The quantitative estimate of drug-likeness (QED) is 0.731. The Morgan fingerprint density at radius 1 is 1.06 bits per heavy atom. The van der Waals surface area contributed by atoms with Crippen LogP contribution >= 0.6 is 0 Å². The first kappa shape index (κ1) is 11.9. The van der Waals surface area contributed by atoms with Crippen molar-refractivity contribution in [2.45, 2.75) is 44.7 Å². The van der Waals surface area contributed by atoms with Gasteiger partial charge in [0.05, 0.1) is 13.1 Å². The van der Waals surface area contributed by atoms with Gasteiger partial charge in [0, 0.05) is 24.8 Å². The number of ketones is 1. The summed E-state index contributed by atoms with van der Waals surface area (Å²) in [6, 6.07) is 11.0. The number of Topliss-reactive ketones (excluding diaryl/α,β-unsaturated/α-hetero) is 1. The molecule has 3 rings (SSSR count). The number of hydrogen-bond donors (Lipinski definition) is 0. The van der Waals surface area contributed by atoms with Gasteiger partial charge in [-0.25, -0.2) is 0 Å². The second-order valence-corrected chi connectivity index (χ2v) is 5.89. The molecule has 18 heavy (non-hydrogen) atoms. The van der Waals surface area contributed by atoms with E-state index in [0.29, 0.717) is 11.8 Å². The molecule has 2 nitrogen and oxygen atoms in total. The molecular formula is C16H22NO+. The fourth-order valence-corrected chi connectivity index (χ4v) is 3.88. The third kappa shape index (κ3) is 2.10. The molecule has 0 spiro atoms. The molecule has 0 bridgehead atoms. The van der Waals surface area contributed by atoms with Gasteiger partial charge in [-0.1, -0.05) is 30.3 Å². The van der Waals surface area contributed by atoms with Gasteiger partial charge in [0.15, 0.2) is 5.78 Å². The van der Waals surface area contributed by atoms with Crippen LogP contribution in [0.3, 0.4) is 0 Å². The zero-order valence-electron chi connectivity index (χ0n) is 11.0. The first-order valence-corrected chi connectivity index (χ1v) is 7.23. The fourth-order valence-electron chi connectivity index (χ4n) is 3.88. The van der Waals surface area contributed by atoms with Gasteiger partial charge in [-0.3, -0.25) is 4.79 Å². The summed E-state index contributed by atoms with van der Waals surface area (Å²) in [7, 11) is 0. The predicted octanol–water partition coefficient (Wildman–Crippen LogP) is 2.92. The molecule has 96 valence electrons. The number of benzene rings is 1. The lowest BCUT2D eigenvalue weighted by Crippen LogP contribution is -2.63. The summed E-state index contributed by atoms with van der Waals surface area (Å²) in [5, 5.41) is 0. The van der Waals surface area contributed by atoms with Crippen molar-refractivity contribution in [1.82, 2.24) is 0 Å². The van der Waals surface area contributed by atoms with Crippen LogP contribution in [0.2, 0.25) is 0 Å². The summed E-state index contributed by atoms with van der Waals surface area (Å²) in [4.78, 5) is 12.2. The summed E-state index contributed by atoms with van der Waals surface area (Å²) < 4.78 is 1.04. The molecule has 2 heteroatoms. The Labute approximate surface area is 109 Å². The highest BCUT2D eigenvalue weighted by Crippen LogP contribution is 2.34. The SMILES string of the molecule is O=C1CCC[N+]2(Cc3ccccc3)CCCCC12. The Hall–Kier alpha value is -1.15. The number of quaternary nitrogens is 1. The first-order valence-electron chi connectivity index (χ1n) is 7.23. The molecule has 0 N–H and O–H groups in total. The summed E-state index contributed by atoms with van der Waals surface area (Å²) in [5.41, 5.74) is 1.39. The molecule has 1 aromatic carbocycles. The Bertz CT molecular complexity index is 424. The van der Waals surface area contributed by atoms with E-state index in [9.17, 15) is 4.79 Å². The van der Waals surface area contributed by atoms with Crippen LogP contribution in [0.5, 0.6) is 0 Å². The van der Waals surface area contributed by atoms with Crippen molar-refractivity contribution in [3.63, 3.8) is 0 Å². The van der Waals surface area contributed by atoms with Crippen LogP contribution < -0.4 is 0 Å². The Morgan fingerprint density at radius 2 is 1.83 bits per heavy atom. The van der Waals surface area contributed by atoms with Crippen LogP contribution in [0.1, 0.15) is 37.7 Å². The van der Waals surface area contributed by atoms with Gasteiger partial charge in [-0.05, 0) is 12.8 Å². The van der Waals surface area contributed by atoms with E-state index in [-0.39, 0.29) is 0 Å². The molecule has 2 aliphatic rings. The minimum Gasteiger partial charge on any atom is -0.311 e. The summed E-state index contributed by atoms with van der Waals surface area (Å²) >= 11 is 0. The van der Waals surface area contributed by atoms with Gasteiger partial charge in [0.25, 0.3) is 0 Å². The van der Waals surface area contributed by atoms with Crippen molar-refractivity contribution >= 4 is 5.78 Å². The maximum absolute atomic E-state index is 12.2. The van der Waals surface area contributed by atoms with Crippen LogP contribution in [-0.4, -0.2) is 29.4 Å². The number of rotatable bonds is 2. The summed E-state index contributed by atoms with van der Waals surface area (Å²) in [5.74, 6) is 0.525. The number of piperidine rings is 2. The largest absolute Gasteiger partial charge is 0.311 e. The van der Waals surface area contributed by atoms with Crippen LogP contribution in [0, 0.1) is 0 Å². The number of fused-ring (bicyclic) bond motifs is 1. The van der Waals surface area contributed by atoms with E-state index in [2.05, 4.69) is 30.3 Å². The van der Waals surface area contributed by atoms with Crippen molar-refractivity contribution < 1.29 is 9.28 Å². The molecular weight excluding hydrogens is 222 g/mol. The van der Waals surface area contributed by atoms with Crippen LogP contribution in [0.15, 0.2) is 30.3 Å². The van der Waals surface area contributed by atoms with Gasteiger partial charge >= 0.3 is 0 Å². The van der Waals surface area contributed by atoms with E-state index in [0.717, 1.165) is 30.3 Å². The summed E-state index contributed by atoms with van der Waals surface area (Å²) in [6.45, 7) is 3.45. The normalized spacial score (nSPS) is 32.0.